The minimum absolute atomic E-state index is 0.0347. The lowest BCUT2D eigenvalue weighted by Gasteiger charge is -2.72. The lowest BCUT2D eigenvalue weighted by molar-refractivity contribution is -0.235. The van der Waals surface area contributed by atoms with E-state index in [1.54, 1.807) is 13.8 Å². The summed E-state index contributed by atoms with van der Waals surface area (Å²) in [5.74, 6) is -0.00279. The predicted octanol–water partition coefficient (Wildman–Crippen LogP) is 7.97. The number of aliphatic hydroxyl groups is 1. The first kappa shape index (κ1) is 44.4. The third-order valence-electron chi connectivity index (χ3n) is 17.9. The van der Waals surface area contributed by atoms with Crippen molar-refractivity contribution in [2.45, 2.75) is 145 Å². The molecule has 1 aromatic rings. The maximum atomic E-state index is 14.4. The minimum Gasteiger partial charge on any atom is -0.481 e. The first-order valence-corrected chi connectivity index (χ1v) is 23.0. The van der Waals surface area contributed by atoms with E-state index < -0.39 is 28.9 Å². The van der Waals surface area contributed by atoms with Crippen molar-refractivity contribution in [2.75, 3.05) is 45.9 Å². The molecule has 1 aromatic heterocycles. The van der Waals surface area contributed by atoms with E-state index in [2.05, 4.69) is 69.3 Å². The zero-order chi connectivity index (χ0) is 42.8. The average molecular weight is 818 g/mol. The molecule has 5 aliphatic carbocycles. The number of allylic oxidation sites excluding steroid dienone is 1. The third-order valence-corrected chi connectivity index (χ3v) is 17.9. The van der Waals surface area contributed by atoms with Crippen molar-refractivity contribution in [2.24, 2.45) is 56.2 Å². The van der Waals surface area contributed by atoms with Crippen LogP contribution >= 0.6 is 0 Å². The van der Waals surface area contributed by atoms with Crippen LogP contribution in [0.1, 0.15) is 132 Å². The Morgan fingerprint density at radius 2 is 1.71 bits per heavy atom. The number of carboxylic acids is 1. The maximum absolute atomic E-state index is 14.4. The van der Waals surface area contributed by atoms with Crippen LogP contribution in [0.15, 0.2) is 35.5 Å². The summed E-state index contributed by atoms with van der Waals surface area (Å²) < 4.78 is 11.8. The van der Waals surface area contributed by atoms with E-state index in [0.717, 1.165) is 102 Å². The zero-order valence-corrected chi connectivity index (χ0v) is 37.8. The molecule has 10 heteroatoms. The van der Waals surface area contributed by atoms with Crippen molar-refractivity contribution in [3.05, 3.63) is 41.2 Å². The number of fused-ring (bicyclic) bond motifs is 7. The zero-order valence-electron chi connectivity index (χ0n) is 37.8. The Morgan fingerprint density at radius 1 is 0.983 bits per heavy atom. The molecule has 2 N–H and O–H groups in total. The second kappa shape index (κ2) is 16.2. The number of rotatable bonds is 13. The number of carbonyl (C=O) groups excluding carboxylic acids is 2. The highest BCUT2D eigenvalue weighted by molar-refractivity contribution is 6.00. The van der Waals surface area contributed by atoms with Crippen molar-refractivity contribution in [1.82, 2.24) is 14.8 Å². The molecule has 328 valence electrons. The first-order chi connectivity index (χ1) is 27.7. The number of esters is 1. The van der Waals surface area contributed by atoms with Gasteiger partial charge in [0.25, 0.3) is 0 Å². The molecule has 5 fully saturated rings. The fraction of sp³-hybridized carbons (Fsp3) is 0.796. The highest BCUT2D eigenvalue weighted by Crippen LogP contribution is 2.77. The molecule has 1 saturated heterocycles. The fourth-order valence-corrected chi connectivity index (χ4v) is 14.4. The summed E-state index contributed by atoms with van der Waals surface area (Å²) in [6, 6.07) is 6.04. The summed E-state index contributed by atoms with van der Waals surface area (Å²) in [6.45, 7) is 26.0. The number of aliphatic carboxylic acids is 1. The van der Waals surface area contributed by atoms with Gasteiger partial charge in [0, 0.05) is 62.7 Å². The van der Waals surface area contributed by atoms with Crippen LogP contribution in [0.25, 0.3) is 0 Å². The van der Waals surface area contributed by atoms with E-state index in [4.69, 9.17) is 9.47 Å². The molecule has 0 spiro atoms. The average Bonchev–Trinajstić information content (AvgIpc) is 3.49. The van der Waals surface area contributed by atoms with Gasteiger partial charge < -0.3 is 19.7 Å². The summed E-state index contributed by atoms with van der Waals surface area (Å²) in [7, 11) is 0. The Labute approximate surface area is 354 Å². The first-order valence-electron chi connectivity index (χ1n) is 23.0. The van der Waals surface area contributed by atoms with E-state index in [9.17, 15) is 24.6 Å². The largest absolute Gasteiger partial charge is 0.481 e. The van der Waals surface area contributed by atoms with E-state index >= 15 is 0 Å². The number of ketones is 1. The van der Waals surface area contributed by atoms with Crippen LogP contribution in [0.5, 0.6) is 0 Å². The fourth-order valence-electron chi connectivity index (χ4n) is 14.4. The van der Waals surface area contributed by atoms with Crippen molar-refractivity contribution < 1.29 is 34.1 Å². The topological polar surface area (TPSA) is 130 Å². The van der Waals surface area contributed by atoms with Gasteiger partial charge in [0.05, 0.1) is 36.8 Å². The van der Waals surface area contributed by atoms with Gasteiger partial charge in [-0.2, -0.15) is 0 Å². The van der Waals surface area contributed by atoms with Gasteiger partial charge in [-0.05, 0) is 123 Å². The van der Waals surface area contributed by atoms with E-state index in [1.165, 1.54) is 5.57 Å². The van der Waals surface area contributed by atoms with Gasteiger partial charge in [-0.25, -0.2) is 0 Å². The van der Waals surface area contributed by atoms with Crippen LogP contribution in [0, 0.1) is 56.2 Å². The molecule has 4 saturated carbocycles. The molecule has 7 rings (SSSR count). The molecule has 0 aromatic carbocycles. The van der Waals surface area contributed by atoms with Crippen molar-refractivity contribution in [3.63, 3.8) is 0 Å². The molecular formula is C49H75N3O7. The normalized spacial score (nSPS) is 36.4. The summed E-state index contributed by atoms with van der Waals surface area (Å²) in [4.78, 5) is 48.9. The van der Waals surface area contributed by atoms with Crippen LogP contribution in [0.2, 0.25) is 0 Å². The van der Waals surface area contributed by atoms with E-state index in [0.29, 0.717) is 31.3 Å². The SMILES string of the molecule is CC(C)C1=C2[C@H]3CC[C@@H]4[C@@]5(C)CC[C@H](OC(=O)CC(C)(C)C(=O)O)C(C)(C)[C@@H]5CC[C@@]4(C)[C@]3(C)CC[C@@]2([C@@H](O)CN(CCN2CCOCC2)Cc2ccccn2)CC1=O. The van der Waals surface area contributed by atoms with Crippen LogP contribution < -0.4 is 0 Å². The third kappa shape index (κ3) is 7.66. The van der Waals surface area contributed by atoms with Gasteiger partial charge >= 0.3 is 11.9 Å². The second-order valence-corrected chi connectivity index (χ2v) is 22.1. The summed E-state index contributed by atoms with van der Waals surface area (Å²) in [5, 5.41) is 22.5. The van der Waals surface area contributed by atoms with Crippen LogP contribution in [0.3, 0.4) is 0 Å². The summed E-state index contributed by atoms with van der Waals surface area (Å²) >= 11 is 0. The number of ether oxygens (including phenoxy) is 2. The lowest BCUT2D eigenvalue weighted by atomic mass is 9.33. The monoisotopic (exact) mass is 818 g/mol. The van der Waals surface area contributed by atoms with Gasteiger partial charge in [-0.1, -0.05) is 60.1 Å². The van der Waals surface area contributed by atoms with Crippen LogP contribution in [-0.2, 0) is 30.4 Å². The molecule has 1 aliphatic heterocycles. The minimum atomic E-state index is -1.17. The smallest absolute Gasteiger partial charge is 0.309 e. The Morgan fingerprint density at radius 3 is 2.37 bits per heavy atom. The van der Waals surface area contributed by atoms with Crippen LogP contribution in [-0.4, -0.2) is 101 Å². The summed E-state index contributed by atoms with van der Waals surface area (Å²) in [5.41, 5.74) is 1.35. The molecule has 9 atom stereocenters. The van der Waals surface area contributed by atoms with Crippen LogP contribution in [0.4, 0.5) is 0 Å². The molecule has 0 amide bonds. The quantitative estimate of drug-likeness (QED) is 0.189. The van der Waals surface area contributed by atoms with E-state index in [1.807, 2.05) is 18.3 Å². The Kier molecular flexibility index (Phi) is 12.2. The van der Waals surface area contributed by atoms with Gasteiger partial charge in [0.2, 0.25) is 0 Å². The van der Waals surface area contributed by atoms with Crippen molar-refractivity contribution in [1.29, 1.82) is 0 Å². The molecule has 59 heavy (non-hydrogen) atoms. The number of pyridine rings is 1. The van der Waals surface area contributed by atoms with Crippen molar-refractivity contribution >= 4 is 17.7 Å². The van der Waals surface area contributed by atoms with Crippen molar-refractivity contribution in [3.8, 4) is 0 Å². The van der Waals surface area contributed by atoms with E-state index in [-0.39, 0.29) is 51.8 Å². The molecule has 0 bridgehead atoms. The van der Waals surface area contributed by atoms with Gasteiger partial charge in [0.1, 0.15) is 6.10 Å². The second-order valence-electron chi connectivity index (χ2n) is 22.1. The number of Topliss-reactive ketones (excluding diaryl/α,β-unsaturated/α-hetero) is 1. The van der Waals surface area contributed by atoms with Gasteiger partial charge in [0.15, 0.2) is 5.78 Å². The molecule has 2 heterocycles. The molecule has 0 unspecified atom stereocenters. The number of hydrogen-bond acceptors (Lipinski definition) is 9. The predicted molar refractivity (Wildman–Crippen MR) is 228 cm³/mol. The Balaban J connectivity index is 1.15. The number of carboxylic acid groups (broad SMARTS) is 1. The molecule has 10 nitrogen and oxygen atoms in total. The van der Waals surface area contributed by atoms with Gasteiger partial charge in [-0.3, -0.25) is 29.2 Å². The number of aliphatic hydroxyl groups excluding tert-OH is 1. The number of carbonyl (C=O) groups is 3. The number of nitrogens with zero attached hydrogens (tertiary/aromatic N) is 3. The Hall–Kier alpha value is -2.66. The lowest BCUT2D eigenvalue weighted by Crippen LogP contribution is -2.66. The standard InChI is InChI=1S/C49H75N3O7/c1-32(2)41-35(53)28-49(38(54)31-52(30-33-12-10-11-21-50-33)23-22-51-24-26-58-27-25-51)20-19-47(8)34(42(41)49)13-14-37-46(7)17-16-39(59-40(55)29-44(3,4)43(56)57)45(5,6)36(46)15-18-48(37,47)9/h10-12,21,32,34,36-39,54H,13-20,22-31H2,1-9H3,(H,56,57)/t34-,36+,37-,38+,39+,46+,47-,48-,49+/m1/s1. The number of morpholine rings is 1. The number of aromatic nitrogens is 1. The van der Waals surface area contributed by atoms with Gasteiger partial charge in [-0.15, -0.1) is 0 Å². The highest BCUT2D eigenvalue weighted by atomic mass is 16.5. The number of hydrogen-bond donors (Lipinski definition) is 2. The maximum Gasteiger partial charge on any atom is 0.309 e. The molecule has 6 aliphatic rings. The summed E-state index contributed by atoms with van der Waals surface area (Å²) in [6.07, 6.45) is 8.96. The Bertz CT molecular complexity index is 1770. The molecular weight excluding hydrogens is 743 g/mol. The highest BCUT2D eigenvalue weighted by Gasteiger charge is 2.71. The molecule has 0 radical (unpaired) electrons.